The third-order valence-electron chi connectivity index (χ3n) is 3.92. The highest BCUT2D eigenvalue weighted by Crippen LogP contribution is 2.23. The third kappa shape index (κ3) is 3.73. The van der Waals surface area contributed by atoms with E-state index < -0.39 is 5.54 Å². The van der Waals surface area contributed by atoms with E-state index in [2.05, 4.69) is 22.5 Å². The van der Waals surface area contributed by atoms with Gasteiger partial charge in [0, 0.05) is 18.3 Å². The van der Waals surface area contributed by atoms with Crippen molar-refractivity contribution < 1.29 is 9.53 Å². The first-order valence-electron chi connectivity index (χ1n) is 7.71. The molecule has 0 saturated carbocycles. The van der Waals surface area contributed by atoms with Crippen molar-refractivity contribution in [2.24, 2.45) is 0 Å². The third-order valence-corrected chi connectivity index (χ3v) is 3.92. The summed E-state index contributed by atoms with van der Waals surface area (Å²) in [6.07, 6.45) is 4.53. The number of pyridine rings is 1. The SMILES string of the molecule is CCC1(C(=O)NCc2cccnc2OC(C)C)CCCN1. The van der Waals surface area contributed by atoms with E-state index in [0.29, 0.717) is 12.4 Å². The Morgan fingerprint density at radius 2 is 2.38 bits per heavy atom. The number of ether oxygens (including phenoxy) is 1. The fraction of sp³-hybridized carbons (Fsp3) is 0.625. The van der Waals surface area contributed by atoms with Crippen molar-refractivity contribution in [1.29, 1.82) is 0 Å². The summed E-state index contributed by atoms with van der Waals surface area (Å²) in [5.41, 5.74) is 0.505. The van der Waals surface area contributed by atoms with Gasteiger partial charge in [-0.3, -0.25) is 4.79 Å². The summed E-state index contributed by atoms with van der Waals surface area (Å²) < 4.78 is 5.68. The number of carbonyl (C=O) groups is 1. The molecule has 1 amide bonds. The number of nitrogens with zero attached hydrogens (tertiary/aromatic N) is 1. The maximum Gasteiger partial charge on any atom is 0.240 e. The molecule has 1 unspecified atom stereocenters. The molecule has 1 saturated heterocycles. The predicted octanol–water partition coefficient (Wildman–Crippen LogP) is 2.02. The van der Waals surface area contributed by atoms with Crippen molar-refractivity contribution in [3.05, 3.63) is 23.9 Å². The van der Waals surface area contributed by atoms with Gasteiger partial charge >= 0.3 is 0 Å². The summed E-state index contributed by atoms with van der Waals surface area (Å²) in [6.45, 7) is 7.33. The first kappa shape index (κ1) is 15.8. The monoisotopic (exact) mass is 291 g/mol. The summed E-state index contributed by atoms with van der Waals surface area (Å²) in [5, 5.41) is 6.37. The molecule has 21 heavy (non-hydrogen) atoms. The molecule has 0 aromatic carbocycles. The van der Waals surface area contributed by atoms with E-state index in [1.165, 1.54) is 0 Å². The van der Waals surface area contributed by atoms with Crippen LogP contribution in [0.5, 0.6) is 5.88 Å². The van der Waals surface area contributed by atoms with Crippen LogP contribution in [-0.4, -0.2) is 29.1 Å². The number of hydrogen-bond donors (Lipinski definition) is 2. The molecule has 5 nitrogen and oxygen atoms in total. The van der Waals surface area contributed by atoms with Crippen LogP contribution in [0.25, 0.3) is 0 Å². The van der Waals surface area contributed by atoms with Gasteiger partial charge in [-0.15, -0.1) is 0 Å². The molecule has 0 aliphatic carbocycles. The summed E-state index contributed by atoms with van der Waals surface area (Å²) in [7, 11) is 0. The molecule has 116 valence electrons. The van der Waals surface area contributed by atoms with E-state index in [0.717, 1.165) is 31.4 Å². The zero-order valence-corrected chi connectivity index (χ0v) is 13.1. The quantitative estimate of drug-likeness (QED) is 0.841. The highest BCUT2D eigenvalue weighted by molar-refractivity contribution is 5.86. The predicted molar refractivity (Wildman–Crippen MR) is 82.1 cm³/mol. The highest BCUT2D eigenvalue weighted by atomic mass is 16.5. The van der Waals surface area contributed by atoms with E-state index >= 15 is 0 Å². The number of carbonyl (C=O) groups excluding carboxylic acids is 1. The molecule has 1 fully saturated rings. The Kier molecular flexibility index (Phi) is 5.17. The minimum Gasteiger partial charge on any atom is -0.475 e. The lowest BCUT2D eigenvalue weighted by molar-refractivity contribution is -0.127. The minimum atomic E-state index is -0.402. The van der Waals surface area contributed by atoms with E-state index in [9.17, 15) is 4.79 Å². The van der Waals surface area contributed by atoms with Crippen molar-refractivity contribution in [2.45, 2.75) is 58.2 Å². The zero-order chi connectivity index (χ0) is 15.3. The molecule has 2 rings (SSSR count). The molecule has 1 aromatic rings. The van der Waals surface area contributed by atoms with Gasteiger partial charge in [-0.05, 0) is 45.7 Å². The van der Waals surface area contributed by atoms with Crippen LogP contribution in [0.3, 0.4) is 0 Å². The van der Waals surface area contributed by atoms with Crippen molar-refractivity contribution in [3.63, 3.8) is 0 Å². The Morgan fingerprint density at radius 1 is 1.57 bits per heavy atom. The van der Waals surface area contributed by atoms with Gasteiger partial charge in [0.25, 0.3) is 0 Å². The Hall–Kier alpha value is -1.62. The second-order valence-corrected chi connectivity index (χ2v) is 5.78. The van der Waals surface area contributed by atoms with Gasteiger partial charge < -0.3 is 15.4 Å². The van der Waals surface area contributed by atoms with E-state index in [4.69, 9.17) is 4.74 Å². The number of hydrogen-bond acceptors (Lipinski definition) is 4. The van der Waals surface area contributed by atoms with Gasteiger partial charge in [0.15, 0.2) is 0 Å². The van der Waals surface area contributed by atoms with Gasteiger partial charge in [-0.1, -0.05) is 13.0 Å². The van der Waals surface area contributed by atoms with Gasteiger partial charge in [0.05, 0.1) is 11.6 Å². The van der Waals surface area contributed by atoms with E-state index in [1.807, 2.05) is 26.0 Å². The van der Waals surface area contributed by atoms with Crippen LogP contribution in [0.15, 0.2) is 18.3 Å². The number of aromatic nitrogens is 1. The molecular formula is C16H25N3O2. The summed E-state index contributed by atoms with van der Waals surface area (Å²) >= 11 is 0. The average Bonchev–Trinajstić information content (AvgIpc) is 2.95. The maximum absolute atomic E-state index is 12.5. The summed E-state index contributed by atoms with van der Waals surface area (Å²) in [4.78, 5) is 16.7. The Labute approximate surface area is 126 Å². The van der Waals surface area contributed by atoms with Gasteiger partial charge in [-0.25, -0.2) is 4.98 Å². The van der Waals surface area contributed by atoms with Crippen molar-refractivity contribution in [3.8, 4) is 5.88 Å². The molecule has 0 spiro atoms. The van der Waals surface area contributed by atoms with Gasteiger partial charge in [0.2, 0.25) is 11.8 Å². The molecule has 1 atom stereocenters. The van der Waals surface area contributed by atoms with Crippen LogP contribution in [0.2, 0.25) is 0 Å². The number of amides is 1. The smallest absolute Gasteiger partial charge is 0.240 e. The standard InChI is InChI=1S/C16H25N3O2/c1-4-16(8-6-10-19-16)15(20)18-11-13-7-5-9-17-14(13)21-12(2)3/h5,7,9,12,19H,4,6,8,10-11H2,1-3H3,(H,18,20). The lowest BCUT2D eigenvalue weighted by Gasteiger charge is -2.26. The van der Waals surface area contributed by atoms with E-state index in [1.54, 1.807) is 6.20 Å². The molecular weight excluding hydrogens is 266 g/mol. The Bertz CT molecular complexity index is 482. The fourth-order valence-corrected chi connectivity index (χ4v) is 2.70. The molecule has 1 aliphatic heterocycles. The highest BCUT2D eigenvalue weighted by Gasteiger charge is 2.38. The van der Waals surface area contributed by atoms with Crippen molar-refractivity contribution in [2.75, 3.05) is 6.54 Å². The van der Waals surface area contributed by atoms with E-state index in [-0.39, 0.29) is 12.0 Å². The number of rotatable bonds is 6. The first-order chi connectivity index (χ1) is 10.1. The van der Waals surface area contributed by atoms with Crippen LogP contribution in [0.1, 0.15) is 45.6 Å². The first-order valence-corrected chi connectivity index (χ1v) is 7.71. The van der Waals surface area contributed by atoms with Crippen molar-refractivity contribution >= 4 is 5.91 Å². The largest absolute Gasteiger partial charge is 0.475 e. The zero-order valence-electron chi connectivity index (χ0n) is 13.1. The lowest BCUT2D eigenvalue weighted by Crippen LogP contribution is -2.52. The molecule has 1 aromatic heterocycles. The summed E-state index contributed by atoms with van der Waals surface area (Å²) in [5.74, 6) is 0.666. The molecule has 0 radical (unpaired) electrons. The minimum absolute atomic E-state index is 0.0628. The molecule has 1 aliphatic rings. The Morgan fingerprint density at radius 3 is 3.00 bits per heavy atom. The van der Waals surface area contributed by atoms with Crippen LogP contribution < -0.4 is 15.4 Å². The maximum atomic E-state index is 12.5. The van der Waals surface area contributed by atoms with Crippen LogP contribution in [0.4, 0.5) is 0 Å². The second-order valence-electron chi connectivity index (χ2n) is 5.78. The van der Waals surface area contributed by atoms with Crippen LogP contribution in [0, 0.1) is 0 Å². The van der Waals surface area contributed by atoms with Crippen molar-refractivity contribution in [1.82, 2.24) is 15.6 Å². The average molecular weight is 291 g/mol. The molecule has 5 heteroatoms. The molecule has 2 heterocycles. The molecule has 0 bridgehead atoms. The molecule has 2 N–H and O–H groups in total. The normalized spacial score (nSPS) is 21.5. The topological polar surface area (TPSA) is 63.2 Å². The lowest BCUT2D eigenvalue weighted by atomic mass is 9.93. The fourth-order valence-electron chi connectivity index (χ4n) is 2.70. The van der Waals surface area contributed by atoms with Gasteiger partial charge in [-0.2, -0.15) is 0 Å². The van der Waals surface area contributed by atoms with Crippen LogP contribution in [-0.2, 0) is 11.3 Å². The number of nitrogens with one attached hydrogen (secondary N) is 2. The Balaban J connectivity index is 2.01. The van der Waals surface area contributed by atoms with Crippen LogP contribution >= 0.6 is 0 Å². The summed E-state index contributed by atoms with van der Waals surface area (Å²) in [6, 6.07) is 3.80. The second kappa shape index (κ2) is 6.89. The van der Waals surface area contributed by atoms with Gasteiger partial charge in [0.1, 0.15) is 0 Å².